The summed E-state index contributed by atoms with van der Waals surface area (Å²) in [6.45, 7) is 6.55. The first kappa shape index (κ1) is 17.6. The molecule has 1 aliphatic rings. The van der Waals surface area contributed by atoms with Gasteiger partial charge in [-0.1, -0.05) is 25.4 Å². The predicted molar refractivity (Wildman–Crippen MR) is 94.6 cm³/mol. The number of carbonyl (C=O) groups excluding carboxylic acids is 1. The van der Waals surface area contributed by atoms with E-state index >= 15 is 0 Å². The smallest absolute Gasteiger partial charge is 0.227 e. The van der Waals surface area contributed by atoms with Gasteiger partial charge < -0.3 is 9.42 Å². The molecular formula is C19H26N4O2. The lowest BCUT2D eigenvalue weighted by atomic mass is 9.98. The first-order valence-electron chi connectivity index (χ1n) is 9.14. The molecule has 2 aromatic heterocycles. The van der Waals surface area contributed by atoms with Crippen LogP contribution in [-0.2, 0) is 11.2 Å². The highest BCUT2D eigenvalue weighted by Crippen LogP contribution is 2.32. The minimum atomic E-state index is 0.191. The van der Waals surface area contributed by atoms with Crippen molar-refractivity contribution in [3.8, 4) is 11.4 Å². The number of carbonyl (C=O) groups is 1. The summed E-state index contributed by atoms with van der Waals surface area (Å²) in [4.78, 5) is 23.3. The topological polar surface area (TPSA) is 72.1 Å². The third-order valence-electron chi connectivity index (χ3n) is 5.08. The van der Waals surface area contributed by atoms with Crippen LogP contribution in [-0.4, -0.2) is 38.0 Å². The van der Waals surface area contributed by atoms with E-state index in [2.05, 4.69) is 40.8 Å². The molecule has 0 aliphatic heterocycles. The van der Waals surface area contributed by atoms with E-state index in [0.29, 0.717) is 36.5 Å². The molecule has 2 heterocycles. The van der Waals surface area contributed by atoms with Crippen LogP contribution in [0.2, 0.25) is 0 Å². The normalized spacial score (nSPS) is 16.4. The molecule has 0 spiro atoms. The highest BCUT2D eigenvalue weighted by atomic mass is 16.5. The van der Waals surface area contributed by atoms with E-state index in [9.17, 15) is 4.79 Å². The van der Waals surface area contributed by atoms with E-state index in [4.69, 9.17) is 4.52 Å². The van der Waals surface area contributed by atoms with E-state index in [1.807, 2.05) is 12.1 Å². The molecule has 25 heavy (non-hydrogen) atoms. The van der Waals surface area contributed by atoms with E-state index in [1.54, 1.807) is 12.4 Å². The Labute approximate surface area is 148 Å². The Morgan fingerprint density at radius 2 is 2.20 bits per heavy atom. The van der Waals surface area contributed by atoms with Gasteiger partial charge in [0.15, 0.2) is 0 Å². The van der Waals surface area contributed by atoms with Gasteiger partial charge in [-0.3, -0.25) is 9.78 Å². The molecule has 0 unspecified atom stereocenters. The van der Waals surface area contributed by atoms with Crippen molar-refractivity contribution in [3.05, 3.63) is 30.4 Å². The number of amides is 1. The summed E-state index contributed by atoms with van der Waals surface area (Å²) in [5.41, 5.74) is 0.814. The van der Waals surface area contributed by atoms with Crippen LogP contribution < -0.4 is 0 Å². The highest BCUT2D eigenvalue weighted by Gasteiger charge is 2.36. The van der Waals surface area contributed by atoms with Crippen LogP contribution in [0.25, 0.3) is 11.4 Å². The Morgan fingerprint density at radius 3 is 2.84 bits per heavy atom. The van der Waals surface area contributed by atoms with Gasteiger partial charge in [0.25, 0.3) is 0 Å². The Kier molecular flexibility index (Phi) is 5.46. The summed E-state index contributed by atoms with van der Waals surface area (Å²) < 4.78 is 5.29. The Balaban J connectivity index is 1.60. The molecule has 0 aromatic carbocycles. The van der Waals surface area contributed by atoms with E-state index in [0.717, 1.165) is 24.8 Å². The molecule has 1 saturated carbocycles. The second kappa shape index (κ2) is 7.76. The average molecular weight is 342 g/mol. The molecule has 6 heteroatoms. The zero-order valence-electron chi connectivity index (χ0n) is 15.2. The molecule has 0 radical (unpaired) electrons. The summed E-state index contributed by atoms with van der Waals surface area (Å²) in [6.07, 6.45) is 7.61. The number of aromatic nitrogens is 3. The first-order chi connectivity index (χ1) is 12.1. The largest absolute Gasteiger partial charge is 0.339 e. The van der Waals surface area contributed by atoms with Crippen molar-refractivity contribution in [2.75, 3.05) is 0 Å². The van der Waals surface area contributed by atoms with Crippen LogP contribution in [0.4, 0.5) is 0 Å². The van der Waals surface area contributed by atoms with Gasteiger partial charge in [-0.05, 0) is 37.8 Å². The Bertz CT molecular complexity index is 696. The average Bonchev–Trinajstić information content (AvgIpc) is 3.35. The van der Waals surface area contributed by atoms with Crippen LogP contribution >= 0.6 is 0 Å². The van der Waals surface area contributed by atoms with Gasteiger partial charge in [-0.25, -0.2) is 0 Å². The maximum absolute atomic E-state index is 12.8. The van der Waals surface area contributed by atoms with Crippen molar-refractivity contribution in [1.29, 1.82) is 0 Å². The van der Waals surface area contributed by atoms with E-state index < -0.39 is 0 Å². The Morgan fingerprint density at radius 1 is 1.40 bits per heavy atom. The molecule has 3 rings (SSSR count). The third-order valence-corrected chi connectivity index (χ3v) is 5.08. The molecule has 1 fully saturated rings. The monoisotopic (exact) mass is 342 g/mol. The summed E-state index contributed by atoms with van der Waals surface area (Å²) in [5, 5.41) is 3.98. The lowest BCUT2D eigenvalue weighted by Gasteiger charge is -2.33. The van der Waals surface area contributed by atoms with Crippen LogP contribution in [0, 0.1) is 5.92 Å². The molecule has 0 saturated heterocycles. The number of nitrogens with zero attached hydrogens (tertiary/aromatic N) is 4. The summed E-state index contributed by atoms with van der Waals surface area (Å²) in [7, 11) is 0. The van der Waals surface area contributed by atoms with E-state index in [1.165, 1.54) is 0 Å². The van der Waals surface area contributed by atoms with Crippen LogP contribution in [0.3, 0.4) is 0 Å². The fourth-order valence-corrected chi connectivity index (χ4v) is 3.04. The quantitative estimate of drug-likeness (QED) is 0.734. The number of aryl methyl sites for hydroxylation is 1. The van der Waals surface area contributed by atoms with Gasteiger partial charge in [-0.2, -0.15) is 4.98 Å². The van der Waals surface area contributed by atoms with Crippen molar-refractivity contribution in [2.45, 2.75) is 65.0 Å². The maximum atomic E-state index is 12.8. The molecule has 1 aliphatic carbocycles. The fourth-order valence-electron chi connectivity index (χ4n) is 3.04. The lowest BCUT2D eigenvalue weighted by molar-refractivity contribution is -0.135. The lowest BCUT2D eigenvalue weighted by Crippen LogP contribution is -2.43. The fraction of sp³-hybridized carbons (Fsp3) is 0.579. The van der Waals surface area contributed by atoms with E-state index in [-0.39, 0.29) is 11.9 Å². The molecule has 0 N–H and O–H groups in total. The maximum Gasteiger partial charge on any atom is 0.227 e. The summed E-state index contributed by atoms with van der Waals surface area (Å²) in [6, 6.07) is 4.41. The SMILES string of the molecule is CC[C@@H](C)[C@@H](C)N(C(=O)CCc1nc(-c2cccnc2)no1)C1CC1. The van der Waals surface area contributed by atoms with Gasteiger partial charge in [0.1, 0.15) is 0 Å². The van der Waals surface area contributed by atoms with Crippen LogP contribution in [0.1, 0.15) is 52.3 Å². The molecule has 2 aromatic rings. The van der Waals surface area contributed by atoms with Crippen molar-refractivity contribution in [2.24, 2.45) is 5.92 Å². The van der Waals surface area contributed by atoms with Crippen molar-refractivity contribution in [3.63, 3.8) is 0 Å². The zero-order chi connectivity index (χ0) is 17.8. The zero-order valence-corrected chi connectivity index (χ0v) is 15.2. The van der Waals surface area contributed by atoms with Gasteiger partial charge >= 0.3 is 0 Å². The van der Waals surface area contributed by atoms with Gasteiger partial charge in [-0.15, -0.1) is 0 Å². The predicted octanol–water partition coefficient (Wildman–Crippen LogP) is 3.49. The molecular weight excluding hydrogens is 316 g/mol. The van der Waals surface area contributed by atoms with Gasteiger partial charge in [0.05, 0.1) is 0 Å². The number of hydrogen-bond acceptors (Lipinski definition) is 5. The summed E-state index contributed by atoms with van der Waals surface area (Å²) in [5.74, 6) is 1.71. The standard InChI is InChI=1S/C19H26N4O2/c1-4-13(2)14(3)23(16-7-8-16)18(24)10-9-17-21-19(22-25-17)15-6-5-11-20-12-15/h5-6,11-14,16H,4,7-10H2,1-3H3/t13-,14-/m1/s1. The Hall–Kier alpha value is -2.24. The molecule has 6 nitrogen and oxygen atoms in total. The van der Waals surface area contributed by atoms with Gasteiger partial charge in [0, 0.05) is 42.9 Å². The molecule has 0 bridgehead atoms. The molecule has 134 valence electrons. The van der Waals surface area contributed by atoms with Crippen molar-refractivity contribution in [1.82, 2.24) is 20.0 Å². The molecule has 1 amide bonds. The number of rotatable bonds is 8. The van der Waals surface area contributed by atoms with Gasteiger partial charge in [0.2, 0.25) is 17.6 Å². The van der Waals surface area contributed by atoms with Crippen LogP contribution in [0.15, 0.2) is 29.0 Å². The minimum Gasteiger partial charge on any atom is -0.339 e. The second-order valence-electron chi connectivity index (χ2n) is 6.91. The number of hydrogen-bond donors (Lipinski definition) is 0. The first-order valence-corrected chi connectivity index (χ1v) is 9.14. The summed E-state index contributed by atoms with van der Waals surface area (Å²) >= 11 is 0. The number of pyridine rings is 1. The third kappa shape index (κ3) is 4.24. The van der Waals surface area contributed by atoms with Crippen molar-refractivity contribution < 1.29 is 9.32 Å². The minimum absolute atomic E-state index is 0.191. The highest BCUT2D eigenvalue weighted by molar-refractivity contribution is 5.77. The second-order valence-corrected chi connectivity index (χ2v) is 6.91. The molecule has 2 atom stereocenters. The van der Waals surface area contributed by atoms with Crippen molar-refractivity contribution >= 4 is 5.91 Å². The van der Waals surface area contributed by atoms with Crippen LogP contribution in [0.5, 0.6) is 0 Å².